The first kappa shape index (κ1) is 12.2. The predicted octanol–water partition coefficient (Wildman–Crippen LogP) is 1.65. The molecule has 0 amide bonds. The number of carbonyl (C=O) groups excluding carboxylic acids is 1. The summed E-state index contributed by atoms with van der Waals surface area (Å²) < 4.78 is 15.7. The zero-order chi connectivity index (χ0) is 11.3. The Kier molecular flexibility index (Phi) is 4.78. The highest BCUT2D eigenvalue weighted by molar-refractivity contribution is 5.86. The van der Waals surface area contributed by atoms with Gasteiger partial charge in [-0.25, -0.2) is 4.79 Å². The molecule has 0 aromatic rings. The van der Waals surface area contributed by atoms with Crippen LogP contribution >= 0.6 is 0 Å². The van der Waals surface area contributed by atoms with Gasteiger partial charge in [0.15, 0.2) is 0 Å². The van der Waals surface area contributed by atoms with Crippen molar-refractivity contribution in [3.63, 3.8) is 0 Å². The first-order valence-corrected chi connectivity index (χ1v) is 5.23. The van der Waals surface area contributed by atoms with E-state index in [0.29, 0.717) is 18.6 Å². The molecule has 0 radical (unpaired) electrons. The third-order valence-electron chi connectivity index (χ3n) is 2.18. The van der Waals surface area contributed by atoms with Gasteiger partial charge in [-0.15, -0.1) is 0 Å². The fraction of sp³-hybridized carbons (Fsp3) is 0.727. The minimum atomic E-state index is -0.488. The Morgan fingerprint density at radius 3 is 2.73 bits per heavy atom. The van der Waals surface area contributed by atoms with E-state index in [9.17, 15) is 4.79 Å². The minimum Gasteiger partial charge on any atom is -0.432 e. The van der Waals surface area contributed by atoms with Crippen LogP contribution in [0.15, 0.2) is 12.2 Å². The second-order valence-electron chi connectivity index (χ2n) is 3.64. The lowest BCUT2D eigenvalue weighted by molar-refractivity contribution is -0.191. The number of ether oxygens (including phenoxy) is 3. The van der Waals surface area contributed by atoms with Gasteiger partial charge in [-0.2, -0.15) is 0 Å². The lowest BCUT2D eigenvalue weighted by atomic mass is 10.2. The van der Waals surface area contributed by atoms with Crippen molar-refractivity contribution in [1.29, 1.82) is 0 Å². The van der Waals surface area contributed by atoms with Crippen LogP contribution in [0, 0.1) is 0 Å². The van der Waals surface area contributed by atoms with Crippen LogP contribution in [0.1, 0.15) is 26.7 Å². The topological polar surface area (TPSA) is 44.8 Å². The highest BCUT2D eigenvalue weighted by Gasteiger charge is 2.21. The molecule has 4 heteroatoms. The molecule has 2 atom stereocenters. The van der Waals surface area contributed by atoms with E-state index in [-0.39, 0.29) is 6.10 Å². The molecule has 0 aromatic heterocycles. The van der Waals surface area contributed by atoms with Crippen LogP contribution in [0.25, 0.3) is 0 Å². The van der Waals surface area contributed by atoms with Gasteiger partial charge in [0, 0.05) is 18.6 Å². The fourth-order valence-electron chi connectivity index (χ4n) is 1.09. The molecule has 4 nitrogen and oxygen atoms in total. The second kappa shape index (κ2) is 5.88. The Morgan fingerprint density at radius 2 is 2.33 bits per heavy atom. The van der Waals surface area contributed by atoms with Crippen molar-refractivity contribution in [2.24, 2.45) is 0 Å². The molecular weight excluding hydrogens is 196 g/mol. The summed E-state index contributed by atoms with van der Waals surface area (Å²) >= 11 is 0. The molecule has 1 rings (SSSR count). The summed E-state index contributed by atoms with van der Waals surface area (Å²) in [5.41, 5.74) is 0.386. The van der Waals surface area contributed by atoms with Gasteiger partial charge in [-0.3, -0.25) is 0 Å². The van der Waals surface area contributed by atoms with Crippen LogP contribution in [0.2, 0.25) is 0 Å². The average Bonchev–Trinajstić information content (AvgIpc) is 2.13. The van der Waals surface area contributed by atoms with Gasteiger partial charge in [0.05, 0.1) is 12.7 Å². The van der Waals surface area contributed by atoms with Gasteiger partial charge in [0.25, 0.3) is 0 Å². The van der Waals surface area contributed by atoms with Crippen LogP contribution in [0.5, 0.6) is 0 Å². The Morgan fingerprint density at radius 1 is 1.67 bits per heavy atom. The zero-order valence-electron chi connectivity index (χ0n) is 9.32. The Balaban J connectivity index is 2.21. The van der Waals surface area contributed by atoms with Crippen LogP contribution in [-0.4, -0.2) is 31.6 Å². The van der Waals surface area contributed by atoms with Crippen LogP contribution in [0.4, 0.5) is 0 Å². The Bertz CT molecular complexity index is 233. The summed E-state index contributed by atoms with van der Waals surface area (Å²) in [7, 11) is 0. The molecular formula is C11H18O4. The molecule has 1 aliphatic heterocycles. The van der Waals surface area contributed by atoms with E-state index in [1.807, 2.05) is 6.92 Å². The highest BCUT2D eigenvalue weighted by atomic mass is 16.7. The van der Waals surface area contributed by atoms with E-state index < -0.39 is 12.3 Å². The van der Waals surface area contributed by atoms with Crippen LogP contribution in [0.3, 0.4) is 0 Å². The molecule has 0 bridgehead atoms. The van der Waals surface area contributed by atoms with E-state index >= 15 is 0 Å². The molecule has 0 aromatic carbocycles. The van der Waals surface area contributed by atoms with Crippen molar-refractivity contribution in [2.75, 3.05) is 13.2 Å². The Hall–Kier alpha value is -0.870. The Labute approximate surface area is 90.2 Å². The predicted molar refractivity (Wildman–Crippen MR) is 55.3 cm³/mol. The SMILES string of the molecule is C=C(C)C(=O)OC(CC)OCC1CCO1. The second-order valence-corrected chi connectivity index (χ2v) is 3.64. The third-order valence-corrected chi connectivity index (χ3v) is 2.18. The zero-order valence-corrected chi connectivity index (χ0v) is 9.32. The monoisotopic (exact) mass is 214 g/mol. The standard InChI is InChI=1S/C11H18O4/c1-4-10(15-11(12)8(2)3)14-7-9-5-6-13-9/h9-10H,2,4-7H2,1,3H3. The van der Waals surface area contributed by atoms with Crippen molar-refractivity contribution in [3.05, 3.63) is 12.2 Å². The summed E-state index contributed by atoms with van der Waals surface area (Å²) in [6.45, 7) is 8.32. The molecule has 0 spiro atoms. The van der Waals surface area contributed by atoms with E-state index in [4.69, 9.17) is 14.2 Å². The number of hydrogen-bond donors (Lipinski definition) is 0. The van der Waals surface area contributed by atoms with Crippen LogP contribution < -0.4 is 0 Å². The third kappa shape index (κ3) is 4.01. The van der Waals surface area contributed by atoms with Crippen molar-refractivity contribution in [3.8, 4) is 0 Å². The number of rotatable bonds is 6. The normalized spacial score (nSPS) is 21.6. The van der Waals surface area contributed by atoms with Gasteiger partial charge in [0.2, 0.25) is 6.29 Å². The highest BCUT2D eigenvalue weighted by Crippen LogP contribution is 2.13. The minimum absolute atomic E-state index is 0.169. The lowest BCUT2D eigenvalue weighted by Crippen LogP contribution is -2.34. The molecule has 15 heavy (non-hydrogen) atoms. The van der Waals surface area contributed by atoms with Gasteiger partial charge in [0.1, 0.15) is 0 Å². The summed E-state index contributed by atoms with van der Waals surface area (Å²) in [5.74, 6) is -0.406. The molecule has 0 aliphatic carbocycles. The summed E-state index contributed by atoms with van der Waals surface area (Å²) in [4.78, 5) is 11.2. The van der Waals surface area contributed by atoms with Gasteiger partial charge < -0.3 is 14.2 Å². The molecule has 0 N–H and O–H groups in total. The van der Waals surface area contributed by atoms with Crippen molar-refractivity contribution < 1.29 is 19.0 Å². The van der Waals surface area contributed by atoms with Crippen molar-refractivity contribution in [1.82, 2.24) is 0 Å². The van der Waals surface area contributed by atoms with Gasteiger partial charge in [-0.1, -0.05) is 13.5 Å². The summed E-state index contributed by atoms with van der Waals surface area (Å²) in [6, 6.07) is 0. The van der Waals surface area contributed by atoms with E-state index in [0.717, 1.165) is 13.0 Å². The first-order valence-electron chi connectivity index (χ1n) is 5.23. The number of hydrogen-bond acceptors (Lipinski definition) is 4. The molecule has 1 saturated heterocycles. The first-order chi connectivity index (χ1) is 7.13. The fourth-order valence-corrected chi connectivity index (χ4v) is 1.09. The maximum absolute atomic E-state index is 11.2. The molecule has 0 saturated carbocycles. The quantitative estimate of drug-likeness (QED) is 0.383. The molecule has 86 valence electrons. The number of carbonyl (C=O) groups is 1. The van der Waals surface area contributed by atoms with Gasteiger partial charge in [-0.05, 0) is 13.3 Å². The molecule has 1 fully saturated rings. The van der Waals surface area contributed by atoms with E-state index in [1.54, 1.807) is 6.92 Å². The van der Waals surface area contributed by atoms with Crippen molar-refractivity contribution in [2.45, 2.75) is 39.1 Å². The van der Waals surface area contributed by atoms with Crippen molar-refractivity contribution >= 4 is 5.97 Å². The maximum atomic E-state index is 11.2. The largest absolute Gasteiger partial charge is 0.432 e. The summed E-state index contributed by atoms with van der Waals surface area (Å²) in [5, 5.41) is 0. The van der Waals surface area contributed by atoms with E-state index in [1.165, 1.54) is 0 Å². The molecule has 1 heterocycles. The smallest absolute Gasteiger partial charge is 0.335 e. The molecule has 1 aliphatic rings. The van der Waals surface area contributed by atoms with Crippen LogP contribution in [-0.2, 0) is 19.0 Å². The number of esters is 1. The average molecular weight is 214 g/mol. The van der Waals surface area contributed by atoms with E-state index in [2.05, 4.69) is 6.58 Å². The maximum Gasteiger partial charge on any atom is 0.335 e. The molecule has 2 unspecified atom stereocenters. The lowest BCUT2D eigenvalue weighted by Gasteiger charge is -2.27. The van der Waals surface area contributed by atoms with Gasteiger partial charge >= 0.3 is 5.97 Å². The summed E-state index contributed by atoms with van der Waals surface area (Å²) in [6.07, 6.45) is 1.33.